The molecule has 0 fully saturated rings. The van der Waals surface area contributed by atoms with Crippen molar-refractivity contribution >= 4 is 16.1 Å². The van der Waals surface area contributed by atoms with Crippen LogP contribution in [0.5, 0.6) is 0 Å². The summed E-state index contributed by atoms with van der Waals surface area (Å²) in [5.74, 6) is -0.328. The molecule has 0 saturated heterocycles. The quantitative estimate of drug-likeness (QED) is 0.859. The van der Waals surface area contributed by atoms with Crippen molar-refractivity contribution in [2.24, 2.45) is 0 Å². The molecule has 0 aromatic heterocycles. The molecule has 0 radical (unpaired) electrons. The average Bonchev–Trinajstić information content (AvgIpc) is 2.56. The molecule has 2 aromatic rings. The van der Waals surface area contributed by atoms with Gasteiger partial charge in [0.15, 0.2) is 0 Å². The third-order valence-corrected chi connectivity index (χ3v) is 6.01. The molecule has 0 heterocycles. The number of halogens is 1. The molecule has 1 aliphatic rings. The molecule has 120 valence electrons. The maximum Gasteiger partial charge on any atom is 0.239 e. The molecule has 0 N–H and O–H groups in total. The Labute approximate surface area is 136 Å². The number of rotatable bonds is 4. The van der Waals surface area contributed by atoms with Gasteiger partial charge in [0.1, 0.15) is 5.82 Å². The Morgan fingerprint density at radius 1 is 1.04 bits per heavy atom. The summed E-state index contributed by atoms with van der Waals surface area (Å²) in [4.78, 5) is 0.431. The SMILES string of the molecule is CN(Cc1ccc(F)cc1)S(=O)(=O)C1=Cc2ccccc2CC1. The second kappa shape index (κ2) is 6.26. The lowest BCUT2D eigenvalue weighted by atomic mass is 9.98. The maximum atomic E-state index is 12.9. The minimum Gasteiger partial charge on any atom is -0.207 e. The predicted molar refractivity (Wildman–Crippen MR) is 89.5 cm³/mol. The Balaban J connectivity index is 1.84. The van der Waals surface area contributed by atoms with E-state index in [4.69, 9.17) is 0 Å². The zero-order valence-electron chi connectivity index (χ0n) is 12.9. The number of allylic oxidation sites excluding steroid dienone is 1. The van der Waals surface area contributed by atoms with Crippen molar-refractivity contribution in [1.29, 1.82) is 0 Å². The third-order valence-electron chi connectivity index (χ3n) is 4.07. The Morgan fingerprint density at radius 3 is 2.48 bits per heavy atom. The molecule has 0 bridgehead atoms. The van der Waals surface area contributed by atoms with E-state index in [0.29, 0.717) is 11.3 Å². The highest BCUT2D eigenvalue weighted by atomic mass is 32.2. The molecule has 3 nitrogen and oxygen atoms in total. The predicted octanol–water partition coefficient (Wildman–Crippen LogP) is 3.57. The van der Waals surface area contributed by atoms with E-state index >= 15 is 0 Å². The van der Waals surface area contributed by atoms with E-state index in [1.165, 1.54) is 22.0 Å². The lowest BCUT2D eigenvalue weighted by molar-refractivity contribution is 0.471. The molecule has 3 rings (SSSR count). The summed E-state index contributed by atoms with van der Waals surface area (Å²) < 4.78 is 39.8. The minimum atomic E-state index is -3.51. The number of sulfonamides is 1. The van der Waals surface area contributed by atoms with E-state index in [1.54, 1.807) is 25.3 Å². The second-order valence-corrected chi connectivity index (χ2v) is 7.79. The molecule has 0 amide bonds. The molecule has 0 saturated carbocycles. The molecule has 0 spiro atoms. The van der Waals surface area contributed by atoms with Crippen LogP contribution in [0.4, 0.5) is 4.39 Å². The van der Waals surface area contributed by atoms with Crippen molar-refractivity contribution < 1.29 is 12.8 Å². The van der Waals surface area contributed by atoms with Crippen LogP contribution in [-0.4, -0.2) is 19.8 Å². The molecule has 23 heavy (non-hydrogen) atoms. The molecular formula is C18H18FNO2S. The summed E-state index contributed by atoms with van der Waals surface area (Å²) in [6.07, 6.45) is 2.99. The van der Waals surface area contributed by atoms with Gasteiger partial charge in [-0.2, -0.15) is 4.31 Å². The van der Waals surface area contributed by atoms with Gasteiger partial charge in [-0.1, -0.05) is 36.4 Å². The first-order valence-electron chi connectivity index (χ1n) is 7.46. The Hall–Kier alpha value is -1.98. The summed E-state index contributed by atoms with van der Waals surface area (Å²) in [6.45, 7) is 0.224. The van der Waals surface area contributed by atoms with Crippen LogP contribution in [-0.2, 0) is 23.0 Å². The van der Waals surface area contributed by atoms with Crippen LogP contribution in [0.25, 0.3) is 6.08 Å². The number of fused-ring (bicyclic) bond motifs is 1. The summed E-state index contributed by atoms with van der Waals surface area (Å²) in [6, 6.07) is 13.7. The lowest BCUT2D eigenvalue weighted by Crippen LogP contribution is -2.28. The monoisotopic (exact) mass is 331 g/mol. The first kappa shape index (κ1) is 15.9. The van der Waals surface area contributed by atoms with Gasteiger partial charge in [-0.3, -0.25) is 0 Å². The average molecular weight is 331 g/mol. The first-order valence-corrected chi connectivity index (χ1v) is 8.90. The van der Waals surface area contributed by atoms with Crippen molar-refractivity contribution in [2.75, 3.05) is 7.05 Å². The highest BCUT2D eigenvalue weighted by molar-refractivity contribution is 7.93. The molecule has 0 aliphatic heterocycles. The van der Waals surface area contributed by atoms with Crippen molar-refractivity contribution in [2.45, 2.75) is 19.4 Å². The fourth-order valence-corrected chi connectivity index (χ4v) is 4.10. The topological polar surface area (TPSA) is 37.4 Å². The highest BCUT2D eigenvalue weighted by Crippen LogP contribution is 2.28. The van der Waals surface area contributed by atoms with Gasteiger partial charge in [-0.15, -0.1) is 0 Å². The van der Waals surface area contributed by atoms with Gasteiger partial charge in [0.25, 0.3) is 0 Å². The van der Waals surface area contributed by atoms with Crippen LogP contribution in [0.3, 0.4) is 0 Å². The van der Waals surface area contributed by atoms with Crippen LogP contribution in [0.2, 0.25) is 0 Å². The van der Waals surface area contributed by atoms with Crippen molar-refractivity contribution in [3.63, 3.8) is 0 Å². The van der Waals surface area contributed by atoms with E-state index in [0.717, 1.165) is 17.5 Å². The molecule has 2 aromatic carbocycles. The molecular weight excluding hydrogens is 313 g/mol. The summed E-state index contributed by atoms with van der Waals surface area (Å²) >= 11 is 0. The van der Waals surface area contributed by atoms with Crippen LogP contribution < -0.4 is 0 Å². The van der Waals surface area contributed by atoms with Crippen LogP contribution in [0.1, 0.15) is 23.1 Å². The smallest absolute Gasteiger partial charge is 0.207 e. The molecule has 1 aliphatic carbocycles. The van der Waals surface area contributed by atoms with Crippen molar-refractivity contribution in [3.8, 4) is 0 Å². The summed E-state index contributed by atoms with van der Waals surface area (Å²) in [5.41, 5.74) is 2.90. The van der Waals surface area contributed by atoms with Gasteiger partial charge >= 0.3 is 0 Å². The fourth-order valence-electron chi connectivity index (χ4n) is 2.74. The van der Waals surface area contributed by atoms with Gasteiger partial charge in [-0.05, 0) is 47.7 Å². The Kier molecular flexibility index (Phi) is 4.33. The van der Waals surface area contributed by atoms with E-state index in [-0.39, 0.29) is 12.4 Å². The summed E-state index contributed by atoms with van der Waals surface area (Å²) in [5, 5.41) is 0. The zero-order chi connectivity index (χ0) is 16.4. The van der Waals surface area contributed by atoms with Gasteiger partial charge in [0, 0.05) is 13.6 Å². The standard InChI is InChI=1S/C18H18FNO2S/c1-20(13-14-6-9-17(19)10-7-14)23(21,22)18-11-8-15-4-2-3-5-16(15)12-18/h2-7,9-10,12H,8,11,13H2,1H3. The number of aryl methyl sites for hydroxylation is 1. The zero-order valence-corrected chi connectivity index (χ0v) is 13.7. The van der Waals surface area contributed by atoms with E-state index in [2.05, 4.69) is 0 Å². The van der Waals surface area contributed by atoms with Crippen molar-refractivity contribution in [1.82, 2.24) is 4.31 Å². The number of hydrogen-bond acceptors (Lipinski definition) is 2. The highest BCUT2D eigenvalue weighted by Gasteiger charge is 2.26. The maximum absolute atomic E-state index is 12.9. The Bertz CT molecular complexity index is 842. The first-order chi connectivity index (χ1) is 11.0. The second-order valence-electron chi connectivity index (χ2n) is 5.70. The van der Waals surface area contributed by atoms with Gasteiger partial charge in [0.05, 0.1) is 4.91 Å². The fraction of sp³-hybridized carbons (Fsp3) is 0.222. The Morgan fingerprint density at radius 2 is 1.74 bits per heavy atom. The molecule has 5 heteroatoms. The minimum absolute atomic E-state index is 0.224. The van der Waals surface area contributed by atoms with Gasteiger partial charge < -0.3 is 0 Å². The molecule has 0 atom stereocenters. The van der Waals surface area contributed by atoms with Crippen LogP contribution in [0, 0.1) is 5.82 Å². The third kappa shape index (κ3) is 3.35. The van der Waals surface area contributed by atoms with Crippen LogP contribution >= 0.6 is 0 Å². The van der Waals surface area contributed by atoms with Crippen LogP contribution in [0.15, 0.2) is 53.4 Å². The number of benzene rings is 2. The van der Waals surface area contributed by atoms with E-state index in [9.17, 15) is 12.8 Å². The lowest BCUT2D eigenvalue weighted by Gasteiger charge is -2.22. The van der Waals surface area contributed by atoms with Gasteiger partial charge in [0.2, 0.25) is 10.0 Å². The van der Waals surface area contributed by atoms with E-state index < -0.39 is 10.0 Å². The normalized spacial score (nSPS) is 14.5. The van der Waals surface area contributed by atoms with E-state index in [1.807, 2.05) is 24.3 Å². The van der Waals surface area contributed by atoms with Gasteiger partial charge in [-0.25, -0.2) is 12.8 Å². The van der Waals surface area contributed by atoms with Crippen molar-refractivity contribution in [3.05, 3.63) is 75.9 Å². The molecule has 0 unspecified atom stereocenters. The largest absolute Gasteiger partial charge is 0.239 e. The summed E-state index contributed by atoms with van der Waals surface area (Å²) in [7, 11) is -1.96. The number of hydrogen-bond donors (Lipinski definition) is 0. The number of nitrogens with zero attached hydrogens (tertiary/aromatic N) is 1.